The highest BCUT2D eigenvalue weighted by atomic mass is 16.5. The Morgan fingerprint density at radius 3 is 2.39 bits per heavy atom. The van der Waals surface area contributed by atoms with Gasteiger partial charge in [-0.3, -0.25) is 4.68 Å². The van der Waals surface area contributed by atoms with Crippen molar-refractivity contribution in [2.75, 3.05) is 20.0 Å². The summed E-state index contributed by atoms with van der Waals surface area (Å²) in [5.74, 6) is 2.03. The summed E-state index contributed by atoms with van der Waals surface area (Å²) in [4.78, 5) is 0. The fourth-order valence-corrected chi connectivity index (χ4v) is 2.08. The molecule has 0 aliphatic rings. The van der Waals surface area contributed by atoms with Crippen LogP contribution in [-0.2, 0) is 7.05 Å². The molecule has 0 unspecified atom stereocenters. The van der Waals surface area contributed by atoms with Gasteiger partial charge in [-0.15, -0.1) is 0 Å². The highest BCUT2D eigenvalue weighted by Crippen LogP contribution is 2.39. The van der Waals surface area contributed by atoms with Crippen LogP contribution in [0.3, 0.4) is 0 Å². The van der Waals surface area contributed by atoms with E-state index in [1.807, 2.05) is 32.3 Å². The average molecular weight is 247 g/mol. The third-order valence-corrected chi connectivity index (χ3v) is 2.93. The molecule has 0 amide bonds. The number of ether oxygens (including phenoxy) is 2. The normalized spacial score (nSPS) is 10.4. The van der Waals surface area contributed by atoms with Gasteiger partial charge >= 0.3 is 0 Å². The van der Waals surface area contributed by atoms with Crippen LogP contribution in [0, 0.1) is 6.92 Å². The SMILES string of the molecule is COc1ccc(-c2cn(C)nc2N)c(OC)c1C. The number of methoxy groups -OCH3 is 2. The fraction of sp³-hybridized carbons (Fsp3) is 0.308. The number of aryl methyl sites for hydroxylation is 1. The Morgan fingerprint density at radius 2 is 1.89 bits per heavy atom. The molecule has 5 nitrogen and oxygen atoms in total. The number of hydrogen-bond donors (Lipinski definition) is 1. The van der Waals surface area contributed by atoms with Crippen LogP contribution in [0.25, 0.3) is 11.1 Å². The molecule has 5 heteroatoms. The molecular weight excluding hydrogens is 230 g/mol. The van der Waals surface area contributed by atoms with E-state index in [1.165, 1.54) is 0 Å². The first-order valence-electron chi connectivity index (χ1n) is 5.59. The summed E-state index contributed by atoms with van der Waals surface area (Å²) in [6.45, 7) is 1.95. The molecule has 0 aliphatic carbocycles. The Labute approximate surface area is 106 Å². The standard InChI is InChI=1S/C13H17N3O2/c1-8-11(17-3)6-5-9(12(8)18-4)10-7-16(2)15-13(10)14/h5-7H,1-4H3,(H2,14,15). The van der Waals surface area contributed by atoms with Crippen molar-refractivity contribution in [2.45, 2.75) is 6.92 Å². The molecule has 18 heavy (non-hydrogen) atoms. The van der Waals surface area contributed by atoms with E-state index in [4.69, 9.17) is 15.2 Å². The highest BCUT2D eigenvalue weighted by Gasteiger charge is 2.16. The lowest BCUT2D eigenvalue weighted by Crippen LogP contribution is -1.96. The molecule has 2 N–H and O–H groups in total. The molecule has 0 saturated carbocycles. The molecule has 2 rings (SSSR count). The van der Waals surface area contributed by atoms with Gasteiger partial charge < -0.3 is 15.2 Å². The average Bonchev–Trinajstić information content (AvgIpc) is 2.68. The topological polar surface area (TPSA) is 62.3 Å². The second-order valence-electron chi connectivity index (χ2n) is 4.08. The van der Waals surface area contributed by atoms with Crippen LogP contribution >= 0.6 is 0 Å². The number of nitrogens with two attached hydrogens (primary N) is 1. The van der Waals surface area contributed by atoms with E-state index in [0.29, 0.717) is 5.82 Å². The molecule has 0 spiro atoms. The van der Waals surface area contributed by atoms with Crippen LogP contribution in [0.4, 0.5) is 5.82 Å². The van der Waals surface area contributed by atoms with E-state index in [9.17, 15) is 0 Å². The maximum absolute atomic E-state index is 5.90. The van der Waals surface area contributed by atoms with E-state index in [-0.39, 0.29) is 0 Å². The van der Waals surface area contributed by atoms with Crippen molar-refractivity contribution in [3.63, 3.8) is 0 Å². The Morgan fingerprint density at radius 1 is 1.17 bits per heavy atom. The maximum atomic E-state index is 5.90. The Bertz CT molecular complexity index is 576. The van der Waals surface area contributed by atoms with Gasteiger partial charge in [0.1, 0.15) is 11.5 Å². The predicted molar refractivity (Wildman–Crippen MR) is 70.9 cm³/mol. The van der Waals surface area contributed by atoms with Gasteiger partial charge in [0.2, 0.25) is 0 Å². The lowest BCUT2D eigenvalue weighted by atomic mass is 10.0. The maximum Gasteiger partial charge on any atom is 0.153 e. The van der Waals surface area contributed by atoms with Gasteiger partial charge in [-0.1, -0.05) is 0 Å². The zero-order valence-corrected chi connectivity index (χ0v) is 11.0. The number of anilines is 1. The predicted octanol–water partition coefficient (Wildman–Crippen LogP) is 1.99. The number of aromatic nitrogens is 2. The third kappa shape index (κ3) is 1.88. The van der Waals surface area contributed by atoms with Crippen LogP contribution in [-0.4, -0.2) is 24.0 Å². The minimum Gasteiger partial charge on any atom is -0.496 e. The van der Waals surface area contributed by atoms with E-state index in [1.54, 1.807) is 18.9 Å². The van der Waals surface area contributed by atoms with Crippen LogP contribution in [0.5, 0.6) is 11.5 Å². The summed E-state index contributed by atoms with van der Waals surface area (Å²) >= 11 is 0. The van der Waals surface area contributed by atoms with Gasteiger partial charge in [-0.05, 0) is 19.1 Å². The molecule has 0 fully saturated rings. The molecule has 96 valence electrons. The van der Waals surface area contributed by atoms with Crippen molar-refractivity contribution in [1.82, 2.24) is 9.78 Å². The van der Waals surface area contributed by atoms with E-state index < -0.39 is 0 Å². The monoisotopic (exact) mass is 247 g/mol. The first-order valence-corrected chi connectivity index (χ1v) is 5.59. The first-order chi connectivity index (χ1) is 8.58. The van der Waals surface area contributed by atoms with Crippen LogP contribution in [0.15, 0.2) is 18.3 Å². The summed E-state index contributed by atoms with van der Waals surface area (Å²) < 4.78 is 12.4. The molecule has 0 radical (unpaired) electrons. The Hall–Kier alpha value is -2.17. The molecule has 0 aliphatic heterocycles. The van der Waals surface area contributed by atoms with Crippen molar-refractivity contribution in [3.05, 3.63) is 23.9 Å². The molecule has 0 saturated heterocycles. The number of hydrogen-bond acceptors (Lipinski definition) is 4. The van der Waals surface area contributed by atoms with E-state index in [2.05, 4.69) is 5.10 Å². The smallest absolute Gasteiger partial charge is 0.153 e. The fourth-order valence-electron chi connectivity index (χ4n) is 2.08. The van der Waals surface area contributed by atoms with Crippen LogP contribution < -0.4 is 15.2 Å². The summed E-state index contributed by atoms with van der Waals surface area (Å²) in [5, 5.41) is 4.14. The van der Waals surface area contributed by atoms with Gasteiger partial charge in [-0.25, -0.2) is 0 Å². The minimum absolute atomic E-state index is 0.486. The van der Waals surface area contributed by atoms with E-state index >= 15 is 0 Å². The van der Waals surface area contributed by atoms with Crippen molar-refractivity contribution in [3.8, 4) is 22.6 Å². The van der Waals surface area contributed by atoms with Gasteiger partial charge in [0.25, 0.3) is 0 Å². The van der Waals surface area contributed by atoms with Crippen molar-refractivity contribution >= 4 is 5.82 Å². The van der Waals surface area contributed by atoms with Crippen molar-refractivity contribution in [1.29, 1.82) is 0 Å². The Kier molecular flexibility index (Phi) is 3.14. The van der Waals surface area contributed by atoms with Crippen molar-refractivity contribution < 1.29 is 9.47 Å². The number of nitrogens with zero attached hydrogens (tertiary/aromatic N) is 2. The second kappa shape index (κ2) is 4.60. The molecule has 0 atom stereocenters. The largest absolute Gasteiger partial charge is 0.496 e. The molecule has 2 aromatic rings. The quantitative estimate of drug-likeness (QED) is 0.901. The third-order valence-electron chi connectivity index (χ3n) is 2.93. The molecule has 1 heterocycles. The lowest BCUT2D eigenvalue weighted by Gasteiger charge is -2.13. The van der Waals surface area contributed by atoms with Crippen molar-refractivity contribution in [2.24, 2.45) is 7.05 Å². The zero-order valence-electron chi connectivity index (χ0n) is 11.0. The molecule has 1 aromatic heterocycles. The summed E-state index contributed by atoms with van der Waals surface area (Å²) in [5.41, 5.74) is 8.62. The molecular formula is C13H17N3O2. The summed E-state index contributed by atoms with van der Waals surface area (Å²) in [7, 11) is 5.11. The zero-order chi connectivity index (χ0) is 13.3. The number of rotatable bonds is 3. The van der Waals surface area contributed by atoms with Gasteiger partial charge in [-0.2, -0.15) is 5.10 Å². The lowest BCUT2D eigenvalue weighted by molar-refractivity contribution is 0.390. The highest BCUT2D eigenvalue weighted by molar-refractivity contribution is 5.80. The number of benzene rings is 1. The van der Waals surface area contributed by atoms with Gasteiger partial charge in [0.05, 0.1) is 14.2 Å². The first kappa shape index (κ1) is 12.3. The molecule has 1 aromatic carbocycles. The van der Waals surface area contributed by atoms with Gasteiger partial charge in [0, 0.05) is 29.9 Å². The summed E-state index contributed by atoms with van der Waals surface area (Å²) in [6, 6.07) is 3.83. The van der Waals surface area contributed by atoms with Crippen LogP contribution in [0.1, 0.15) is 5.56 Å². The van der Waals surface area contributed by atoms with Crippen LogP contribution in [0.2, 0.25) is 0 Å². The molecule has 0 bridgehead atoms. The van der Waals surface area contributed by atoms with E-state index in [0.717, 1.165) is 28.2 Å². The summed E-state index contributed by atoms with van der Waals surface area (Å²) in [6.07, 6.45) is 1.87. The second-order valence-corrected chi connectivity index (χ2v) is 4.08. The Balaban J connectivity index is 2.65. The number of nitrogen functional groups attached to an aromatic ring is 1. The minimum atomic E-state index is 0.486. The van der Waals surface area contributed by atoms with Gasteiger partial charge in [0.15, 0.2) is 5.82 Å².